The molecule has 0 saturated carbocycles. The number of hydrogen-bond acceptors (Lipinski definition) is 2. The molecule has 1 heterocycles. The quantitative estimate of drug-likeness (QED) is 0.431. The summed E-state index contributed by atoms with van der Waals surface area (Å²) in [4.78, 5) is 0. The zero-order valence-electron chi connectivity index (χ0n) is 14.7. The Morgan fingerprint density at radius 2 is 1.67 bits per heavy atom. The molecule has 0 spiro atoms. The lowest BCUT2D eigenvalue weighted by atomic mass is 10.0. The SMILES string of the molecule is CCCC1CCC(c2ccc(C(F)(F)Oc3cc(F)c(F)c(F)c3)cc2)O1. The molecule has 1 aliphatic rings. The van der Waals surface area contributed by atoms with E-state index in [4.69, 9.17) is 4.74 Å². The van der Waals surface area contributed by atoms with E-state index in [-0.39, 0.29) is 12.2 Å². The maximum Gasteiger partial charge on any atom is 0.426 e. The van der Waals surface area contributed by atoms with Crippen molar-refractivity contribution in [2.24, 2.45) is 0 Å². The van der Waals surface area contributed by atoms with Crippen LogP contribution in [-0.2, 0) is 10.8 Å². The van der Waals surface area contributed by atoms with Crippen molar-refractivity contribution in [1.29, 1.82) is 0 Å². The van der Waals surface area contributed by atoms with Gasteiger partial charge in [-0.25, -0.2) is 13.2 Å². The van der Waals surface area contributed by atoms with Crippen LogP contribution in [0.2, 0.25) is 0 Å². The Morgan fingerprint density at radius 1 is 1.04 bits per heavy atom. The predicted molar refractivity (Wildman–Crippen MR) is 89.0 cm³/mol. The van der Waals surface area contributed by atoms with E-state index in [0.717, 1.165) is 31.2 Å². The molecule has 7 heteroatoms. The lowest BCUT2D eigenvalue weighted by molar-refractivity contribution is -0.185. The second-order valence-corrected chi connectivity index (χ2v) is 6.55. The summed E-state index contributed by atoms with van der Waals surface area (Å²) < 4.78 is 78.2. The van der Waals surface area contributed by atoms with Crippen molar-refractivity contribution >= 4 is 0 Å². The van der Waals surface area contributed by atoms with Crippen LogP contribution in [0.25, 0.3) is 0 Å². The molecule has 2 unspecified atom stereocenters. The molecule has 3 rings (SSSR count). The van der Waals surface area contributed by atoms with Crippen LogP contribution in [0.5, 0.6) is 5.75 Å². The van der Waals surface area contributed by atoms with Crippen molar-refractivity contribution < 1.29 is 31.4 Å². The molecule has 0 radical (unpaired) electrons. The minimum atomic E-state index is -3.84. The van der Waals surface area contributed by atoms with Gasteiger partial charge in [0.05, 0.1) is 17.8 Å². The van der Waals surface area contributed by atoms with Crippen molar-refractivity contribution in [2.75, 3.05) is 0 Å². The van der Waals surface area contributed by atoms with Crippen molar-refractivity contribution in [3.63, 3.8) is 0 Å². The summed E-state index contributed by atoms with van der Waals surface area (Å²) >= 11 is 0. The van der Waals surface area contributed by atoms with Gasteiger partial charge in [-0.2, -0.15) is 8.78 Å². The van der Waals surface area contributed by atoms with Crippen molar-refractivity contribution in [2.45, 2.75) is 50.9 Å². The van der Waals surface area contributed by atoms with Gasteiger partial charge >= 0.3 is 6.11 Å². The Balaban J connectivity index is 1.72. The average Bonchev–Trinajstić information content (AvgIpc) is 3.08. The average molecular weight is 386 g/mol. The first kappa shape index (κ1) is 19.6. The van der Waals surface area contributed by atoms with Gasteiger partial charge in [0.2, 0.25) is 0 Å². The van der Waals surface area contributed by atoms with Crippen LogP contribution in [0.3, 0.4) is 0 Å². The topological polar surface area (TPSA) is 18.5 Å². The van der Waals surface area contributed by atoms with Crippen LogP contribution in [0.15, 0.2) is 36.4 Å². The maximum atomic E-state index is 14.3. The summed E-state index contributed by atoms with van der Waals surface area (Å²) in [5.74, 6) is -5.75. The first-order valence-electron chi connectivity index (χ1n) is 8.77. The standard InChI is InChI=1S/C20H19F5O2/c1-2-3-14-8-9-18(26-14)12-4-6-13(7-5-12)20(24,25)27-15-10-16(21)19(23)17(22)11-15/h4-7,10-11,14,18H,2-3,8-9H2,1H3. The van der Waals surface area contributed by atoms with E-state index in [1.165, 1.54) is 24.3 Å². The Labute approximate surface area is 153 Å². The highest BCUT2D eigenvalue weighted by molar-refractivity contribution is 5.30. The monoisotopic (exact) mass is 386 g/mol. The van der Waals surface area contributed by atoms with Crippen LogP contribution in [0.4, 0.5) is 22.0 Å². The molecule has 0 bridgehead atoms. The molecule has 1 aliphatic heterocycles. The van der Waals surface area contributed by atoms with E-state index in [0.29, 0.717) is 12.1 Å². The van der Waals surface area contributed by atoms with Gasteiger partial charge < -0.3 is 9.47 Å². The highest BCUT2D eigenvalue weighted by atomic mass is 19.3. The van der Waals surface area contributed by atoms with E-state index in [1.54, 1.807) is 0 Å². The molecule has 0 aliphatic carbocycles. The number of benzene rings is 2. The molecule has 1 saturated heterocycles. The summed E-state index contributed by atoms with van der Waals surface area (Å²) in [7, 11) is 0. The predicted octanol–water partition coefficient (Wildman–Crippen LogP) is 6.25. The zero-order valence-corrected chi connectivity index (χ0v) is 14.7. The van der Waals surface area contributed by atoms with Gasteiger partial charge in [-0.1, -0.05) is 25.5 Å². The van der Waals surface area contributed by atoms with Gasteiger partial charge in [-0.3, -0.25) is 0 Å². The summed E-state index contributed by atoms with van der Waals surface area (Å²) in [6.07, 6.45) is -0.0448. The first-order valence-corrected chi connectivity index (χ1v) is 8.77. The van der Waals surface area contributed by atoms with Crippen molar-refractivity contribution in [1.82, 2.24) is 0 Å². The van der Waals surface area contributed by atoms with Crippen LogP contribution in [0, 0.1) is 17.5 Å². The third-order valence-corrected chi connectivity index (χ3v) is 4.54. The summed E-state index contributed by atoms with van der Waals surface area (Å²) in [5.41, 5.74) is 0.298. The second kappa shape index (κ2) is 7.84. The molecule has 27 heavy (non-hydrogen) atoms. The molecular weight excluding hydrogens is 367 g/mol. The normalized spacial score (nSPS) is 20.1. The highest BCUT2D eigenvalue weighted by Crippen LogP contribution is 2.37. The summed E-state index contributed by atoms with van der Waals surface area (Å²) in [6.45, 7) is 2.08. The first-order chi connectivity index (χ1) is 12.8. The van der Waals surface area contributed by atoms with E-state index < -0.39 is 34.9 Å². The molecule has 146 valence electrons. The number of rotatable bonds is 6. The third kappa shape index (κ3) is 4.40. The lowest BCUT2D eigenvalue weighted by Crippen LogP contribution is -2.22. The molecule has 1 fully saturated rings. The molecular formula is C20H19F5O2. The van der Waals surface area contributed by atoms with Gasteiger partial charge in [-0.15, -0.1) is 0 Å². The maximum absolute atomic E-state index is 14.3. The summed E-state index contributed by atoms with van der Waals surface area (Å²) in [6, 6.07) is 6.17. The molecule has 2 nitrogen and oxygen atoms in total. The largest absolute Gasteiger partial charge is 0.429 e. The second-order valence-electron chi connectivity index (χ2n) is 6.55. The summed E-state index contributed by atoms with van der Waals surface area (Å²) in [5, 5.41) is 0. The van der Waals surface area contributed by atoms with Gasteiger partial charge in [0.1, 0.15) is 5.75 Å². The lowest BCUT2D eigenvalue weighted by Gasteiger charge is -2.19. The minimum absolute atomic E-state index is 0.134. The van der Waals surface area contributed by atoms with Crippen LogP contribution in [-0.4, -0.2) is 6.10 Å². The molecule has 2 aromatic rings. The fraction of sp³-hybridized carbons (Fsp3) is 0.400. The molecule has 2 aromatic carbocycles. The van der Waals surface area contributed by atoms with Gasteiger partial charge in [0.25, 0.3) is 0 Å². The Bertz CT molecular complexity index is 768. The number of halogens is 5. The van der Waals surface area contributed by atoms with E-state index in [9.17, 15) is 22.0 Å². The van der Waals surface area contributed by atoms with Crippen molar-refractivity contribution in [3.05, 3.63) is 65.0 Å². The fourth-order valence-electron chi connectivity index (χ4n) is 3.18. The molecule has 0 aromatic heterocycles. The van der Waals surface area contributed by atoms with Crippen LogP contribution < -0.4 is 4.74 Å². The number of ether oxygens (including phenoxy) is 2. The van der Waals surface area contributed by atoms with Crippen LogP contribution in [0.1, 0.15) is 49.8 Å². The molecule has 2 atom stereocenters. The molecule has 0 N–H and O–H groups in total. The third-order valence-electron chi connectivity index (χ3n) is 4.54. The van der Waals surface area contributed by atoms with Crippen LogP contribution >= 0.6 is 0 Å². The number of alkyl halides is 2. The van der Waals surface area contributed by atoms with E-state index in [1.807, 2.05) is 0 Å². The van der Waals surface area contributed by atoms with Gasteiger partial charge in [0.15, 0.2) is 17.5 Å². The molecule has 0 amide bonds. The minimum Gasteiger partial charge on any atom is -0.429 e. The number of hydrogen-bond donors (Lipinski definition) is 0. The van der Waals surface area contributed by atoms with Crippen molar-refractivity contribution in [3.8, 4) is 5.75 Å². The Hall–Kier alpha value is -2.15. The fourth-order valence-corrected chi connectivity index (χ4v) is 3.18. The smallest absolute Gasteiger partial charge is 0.426 e. The highest BCUT2D eigenvalue weighted by Gasteiger charge is 2.35. The van der Waals surface area contributed by atoms with Gasteiger partial charge in [-0.05, 0) is 37.0 Å². The van der Waals surface area contributed by atoms with E-state index >= 15 is 0 Å². The Kier molecular flexibility index (Phi) is 5.69. The van der Waals surface area contributed by atoms with E-state index in [2.05, 4.69) is 11.7 Å². The van der Waals surface area contributed by atoms with Gasteiger partial charge in [0, 0.05) is 12.1 Å². The zero-order chi connectivity index (χ0) is 19.6. The Morgan fingerprint density at radius 3 is 2.26 bits per heavy atom.